The Labute approximate surface area is 150 Å². The van der Waals surface area contributed by atoms with Crippen LogP contribution in [0.4, 0.5) is 0 Å². The van der Waals surface area contributed by atoms with Crippen molar-refractivity contribution in [2.45, 2.75) is 13.5 Å². The fourth-order valence-electron chi connectivity index (χ4n) is 2.08. The van der Waals surface area contributed by atoms with Gasteiger partial charge in [-0.15, -0.1) is 0 Å². The molecule has 25 heavy (non-hydrogen) atoms. The third kappa shape index (κ3) is 4.36. The lowest BCUT2D eigenvalue weighted by molar-refractivity contribution is 0.288. The second-order valence-corrected chi connectivity index (χ2v) is 5.49. The van der Waals surface area contributed by atoms with Gasteiger partial charge in [-0.05, 0) is 48.4 Å². The van der Waals surface area contributed by atoms with Crippen molar-refractivity contribution in [2.24, 2.45) is 0 Å². The van der Waals surface area contributed by atoms with E-state index in [0.717, 1.165) is 11.3 Å². The van der Waals surface area contributed by atoms with E-state index in [9.17, 15) is 0 Å². The van der Waals surface area contributed by atoms with Crippen molar-refractivity contribution in [1.82, 2.24) is 15.0 Å². The summed E-state index contributed by atoms with van der Waals surface area (Å²) >= 11 is 6.00. The minimum atomic E-state index is 0.0502. The highest BCUT2D eigenvalue weighted by Crippen LogP contribution is 2.29. The van der Waals surface area contributed by atoms with Crippen LogP contribution in [0.25, 0.3) is 0 Å². The van der Waals surface area contributed by atoms with Gasteiger partial charge in [0, 0.05) is 6.20 Å². The first-order valence-corrected chi connectivity index (χ1v) is 7.91. The molecule has 0 N–H and O–H groups in total. The molecule has 0 bridgehead atoms. The molecule has 0 aliphatic carbocycles. The molecule has 7 heteroatoms. The topological polar surface area (TPSA) is 66.4 Å². The molecule has 2 heterocycles. The first-order chi connectivity index (χ1) is 12.2. The number of aromatic nitrogens is 3. The Hall–Kier alpha value is -2.86. The van der Waals surface area contributed by atoms with Gasteiger partial charge in [-0.25, -0.2) is 0 Å². The fourth-order valence-corrected chi connectivity index (χ4v) is 2.24. The Morgan fingerprint density at radius 2 is 1.76 bits per heavy atom. The van der Waals surface area contributed by atoms with Crippen LogP contribution >= 0.6 is 11.6 Å². The lowest BCUT2D eigenvalue weighted by atomic mass is 10.2. The molecule has 3 rings (SSSR count). The standard InChI is InChI=1S/C18H16ClN3O3/c1-12-16(24-11-13-5-7-14(23-2)8-6-13)21-18(19)22-17(12)25-15-4-3-9-20-10-15/h3-10H,11H2,1-2H3. The van der Waals surface area contributed by atoms with Gasteiger partial charge < -0.3 is 14.2 Å². The van der Waals surface area contributed by atoms with E-state index < -0.39 is 0 Å². The predicted octanol–water partition coefficient (Wildman–Crippen LogP) is 4.21. The molecule has 0 radical (unpaired) electrons. The SMILES string of the molecule is COc1ccc(COc2nc(Cl)nc(Oc3cccnc3)c2C)cc1. The molecule has 0 atom stereocenters. The lowest BCUT2D eigenvalue weighted by Crippen LogP contribution is -2.03. The second-order valence-electron chi connectivity index (χ2n) is 5.16. The van der Waals surface area contributed by atoms with Gasteiger partial charge in [-0.3, -0.25) is 4.98 Å². The van der Waals surface area contributed by atoms with Crippen LogP contribution in [0.2, 0.25) is 5.28 Å². The molecule has 0 unspecified atom stereocenters. The van der Waals surface area contributed by atoms with Crippen molar-refractivity contribution < 1.29 is 14.2 Å². The zero-order valence-corrected chi connectivity index (χ0v) is 14.5. The number of rotatable bonds is 6. The fraction of sp³-hybridized carbons (Fsp3) is 0.167. The Morgan fingerprint density at radius 1 is 1.00 bits per heavy atom. The van der Waals surface area contributed by atoms with Gasteiger partial charge in [0.05, 0.1) is 18.9 Å². The van der Waals surface area contributed by atoms with Gasteiger partial charge in [0.25, 0.3) is 0 Å². The Bertz CT molecular complexity index is 842. The highest BCUT2D eigenvalue weighted by Gasteiger charge is 2.14. The maximum Gasteiger partial charge on any atom is 0.230 e. The van der Waals surface area contributed by atoms with Gasteiger partial charge in [-0.1, -0.05) is 12.1 Å². The van der Waals surface area contributed by atoms with E-state index >= 15 is 0 Å². The third-order valence-electron chi connectivity index (χ3n) is 3.41. The summed E-state index contributed by atoms with van der Waals surface area (Å²) in [6.45, 7) is 2.15. The molecule has 6 nitrogen and oxygen atoms in total. The molecule has 0 fully saturated rings. The van der Waals surface area contributed by atoms with Gasteiger partial charge in [0.2, 0.25) is 17.0 Å². The summed E-state index contributed by atoms with van der Waals surface area (Å²) in [6.07, 6.45) is 3.25. The van der Waals surface area contributed by atoms with Gasteiger partial charge >= 0.3 is 0 Å². The summed E-state index contributed by atoms with van der Waals surface area (Å²) in [5, 5.41) is 0.0502. The summed E-state index contributed by atoms with van der Waals surface area (Å²) in [5.41, 5.74) is 1.63. The summed E-state index contributed by atoms with van der Waals surface area (Å²) in [5.74, 6) is 2.05. The van der Waals surface area contributed by atoms with Crippen molar-refractivity contribution in [3.05, 3.63) is 65.2 Å². The molecule has 0 saturated heterocycles. The van der Waals surface area contributed by atoms with E-state index in [-0.39, 0.29) is 5.28 Å². The molecule has 0 aliphatic rings. The molecule has 3 aromatic rings. The largest absolute Gasteiger partial charge is 0.497 e. The number of hydrogen-bond acceptors (Lipinski definition) is 6. The Kier molecular flexibility index (Phi) is 5.30. The Morgan fingerprint density at radius 3 is 2.44 bits per heavy atom. The number of nitrogens with zero attached hydrogens (tertiary/aromatic N) is 3. The maximum absolute atomic E-state index is 6.00. The molecule has 128 valence electrons. The summed E-state index contributed by atoms with van der Waals surface area (Å²) < 4.78 is 16.6. The van der Waals surface area contributed by atoms with Crippen LogP contribution in [-0.2, 0) is 6.61 Å². The highest BCUT2D eigenvalue weighted by molar-refractivity contribution is 6.28. The first kappa shape index (κ1) is 17.0. The van der Waals surface area contributed by atoms with Gasteiger partial charge in [0.15, 0.2) is 0 Å². The molecule has 0 aliphatic heterocycles. The lowest BCUT2D eigenvalue weighted by Gasteiger charge is -2.12. The van der Waals surface area contributed by atoms with Crippen LogP contribution in [0.3, 0.4) is 0 Å². The number of ether oxygens (including phenoxy) is 3. The van der Waals surface area contributed by atoms with Crippen molar-refractivity contribution in [3.63, 3.8) is 0 Å². The van der Waals surface area contributed by atoms with E-state index in [1.165, 1.54) is 0 Å². The quantitative estimate of drug-likeness (QED) is 0.615. The van der Waals surface area contributed by atoms with Crippen LogP contribution in [-0.4, -0.2) is 22.1 Å². The molecule has 1 aromatic carbocycles. The third-order valence-corrected chi connectivity index (χ3v) is 3.58. The number of benzene rings is 1. The van der Waals surface area contributed by atoms with Gasteiger partial charge in [0.1, 0.15) is 18.1 Å². The van der Waals surface area contributed by atoms with Crippen LogP contribution < -0.4 is 14.2 Å². The molecular weight excluding hydrogens is 342 g/mol. The van der Waals surface area contributed by atoms with Gasteiger partial charge in [-0.2, -0.15) is 9.97 Å². The highest BCUT2D eigenvalue weighted by atomic mass is 35.5. The molecular formula is C18H16ClN3O3. The molecule has 2 aromatic heterocycles. The van der Waals surface area contributed by atoms with E-state index in [0.29, 0.717) is 29.7 Å². The normalized spacial score (nSPS) is 10.4. The zero-order chi connectivity index (χ0) is 17.6. The van der Waals surface area contributed by atoms with Crippen molar-refractivity contribution in [2.75, 3.05) is 7.11 Å². The van der Waals surface area contributed by atoms with Crippen molar-refractivity contribution in [3.8, 4) is 23.3 Å². The minimum absolute atomic E-state index is 0.0502. The van der Waals surface area contributed by atoms with Crippen LogP contribution in [0.15, 0.2) is 48.8 Å². The Balaban J connectivity index is 1.76. The average molecular weight is 358 g/mol. The predicted molar refractivity (Wildman–Crippen MR) is 93.4 cm³/mol. The van der Waals surface area contributed by atoms with E-state index in [2.05, 4.69) is 15.0 Å². The minimum Gasteiger partial charge on any atom is -0.497 e. The van der Waals surface area contributed by atoms with Crippen molar-refractivity contribution >= 4 is 11.6 Å². The maximum atomic E-state index is 6.00. The summed E-state index contributed by atoms with van der Waals surface area (Å²) in [7, 11) is 1.63. The molecule has 0 spiro atoms. The summed E-state index contributed by atoms with van der Waals surface area (Å²) in [6, 6.07) is 11.1. The smallest absolute Gasteiger partial charge is 0.230 e. The average Bonchev–Trinajstić information content (AvgIpc) is 2.64. The van der Waals surface area contributed by atoms with Crippen LogP contribution in [0.5, 0.6) is 23.3 Å². The van der Waals surface area contributed by atoms with E-state index in [4.69, 9.17) is 25.8 Å². The number of halogens is 1. The zero-order valence-electron chi connectivity index (χ0n) is 13.8. The van der Waals surface area contributed by atoms with E-state index in [1.807, 2.05) is 31.2 Å². The number of pyridine rings is 1. The molecule has 0 saturated carbocycles. The monoisotopic (exact) mass is 357 g/mol. The second kappa shape index (κ2) is 7.81. The summed E-state index contributed by atoms with van der Waals surface area (Å²) in [4.78, 5) is 12.3. The number of hydrogen-bond donors (Lipinski definition) is 0. The number of methoxy groups -OCH3 is 1. The van der Waals surface area contributed by atoms with E-state index in [1.54, 1.807) is 31.6 Å². The van der Waals surface area contributed by atoms with Crippen LogP contribution in [0, 0.1) is 6.92 Å². The van der Waals surface area contributed by atoms with Crippen LogP contribution in [0.1, 0.15) is 11.1 Å². The first-order valence-electron chi connectivity index (χ1n) is 7.53. The van der Waals surface area contributed by atoms with Crippen molar-refractivity contribution in [1.29, 1.82) is 0 Å². The molecule has 0 amide bonds.